The fourth-order valence-electron chi connectivity index (χ4n) is 4.78. The van der Waals surface area contributed by atoms with E-state index in [9.17, 15) is 19.5 Å². The predicted molar refractivity (Wildman–Crippen MR) is 158 cm³/mol. The second-order valence-corrected chi connectivity index (χ2v) is 10.8. The summed E-state index contributed by atoms with van der Waals surface area (Å²) >= 11 is 6.31. The summed E-state index contributed by atoms with van der Waals surface area (Å²) in [5, 5.41) is 12.4. The molecule has 9 heteroatoms. The SMILES string of the molecule is CCCCCCCCCCCCCCCCOC(=O)c1ccc(Cl)c(NC2=C(C(=O)OC)CN(CCO)C2=O)c1. The van der Waals surface area contributed by atoms with Crippen molar-refractivity contribution < 1.29 is 29.0 Å². The zero-order chi connectivity index (χ0) is 29.2. The number of halogens is 1. The number of carbonyl (C=O) groups excluding carboxylic acids is 3. The Morgan fingerprint density at radius 2 is 1.50 bits per heavy atom. The standard InChI is InChI=1S/C31H47ClN2O6/c1-3-4-5-6-7-8-9-10-11-12-13-14-15-16-21-40-30(37)24-17-18-26(32)27(22-24)33-28-25(31(38)39-2)23-34(19-20-35)29(28)36/h17-18,22,33,35H,3-16,19-21,23H2,1-2H3. The lowest BCUT2D eigenvalue weighted by molar-refractivity contribution is -0.136. The summed E-state index contributed by atoms with van der Waals surface area (Å²) in [6.45, 7) is 2.43. The van der Waals surface area contributed by atoms with Gasteiger partial charge in [0.05, 0.1) is 48.7 Å². The van der Waals surface area contributed by atoms with Crippen LogP contribution in [0, 0.1) is 0 Å². The quantitative estimate of drug-likeness (QED) is 0.124. The molecule has 1 aromatic rings. The predicted octanol–water partition coefficient (Wildman–Crippen LogP) is 6.65. The van der Waals surface area contributed by atoms with Crippen LogP contribution in [0.3, 0.4) is 0 Å². The summed E-state index contributed by atoms with van der Waals surface area (Å²) in [7, 11) is 1.23. The van der Waals surface area contributed by atoms with Crippen LogP contribution in [0.25, 0.3) is 0 Å². The first-order valence-electron chi connectivity index (χ1n) is 14.9. The maximum atomic E-state index is 12.8. The van der Waals surface area contributed by atoms with E-state index in [1.165, 1.54) is 94.8 Å². The van der Waals surface area contributed by atoms with Gasteiger partial charge in [-0.3, -0.25) is 4.79 Å². The highest BCUT2D eigenvalue weighted by atomic mass is 35.5. The number of rotatable bonds is 21. The number of aliphatic hydroxyl groups is 1. The van der Waals surface area contributed by atoms with Crippen LogP contribution in [0.2, 0.25) is 5.02 Å². The molecule has 0 saturated heterocycles. The van der Waals surface area contributed by atoms with Crippen molar-refractivity contribution in [3.8, 4) is 0 Å². The fraction of sp³-hybridized carbons (Fsp3) is 0.645. The van der Waals surface area contributed by atoms with Gasteiger partial charge in [-0.1, -0.05) is 102 Å². The minimum absolute atomic E-state index is 0.00689. The first-order valence-corrected chi connectivity index (χ1v) is 15.3. The number of nitrogens with one attached hydrogen (secondary N) is 1. The van der Waals surface area contributed by atoms with Crippen LogP contribution in [-0.2, 0) is 19.1 Å². The van der Waals surface area contributed by atoms with Crippen LogP contribution < -0.4 is 5.32 Å². The van der Waals surface area contributed by atoms with Crippen molar-refractivity contribution >= 4 is 35.1 Å². The van der Waals surface area contributed by atoms with Crippen LogP contribution in [0.1, 0.15) is 107 Å². The summed E-state index contributed by atoms with van der Waals surface area (Å²) in [6.07, 6.45) is 17.6. The van der Waals surface area contributed by atoms with Crippen molar-refractivity contribution in [2.75, 3.05) is 38.7 Å². The van der Waals surface area contributed by atoms with Crippen LogP contribution >= 0.6 is 11.6 Å². The highest BCUT2D eigenvalue weighted by Gasteiger charge is 2.34. The maximum Gasteiger partial charge on any atom is 0.338 e. The topological polar surface area (TPSA) is 105 Å². The zero-order valence-electron chi connectivity index (χ0n) is 24.3. The molecule has 0 bridgehead atoms. The lowest BCUT2D eigenvalue weighted by atomic mass is 10.0. The molecule has 0 saturated carbocycles. The van der Waals surface area contributed by atoms with E-state index >= 15 is 0 Å². The molecule has 0 aliphatic carbocycles. The van der Waals surface area contributed by atoms with E-state index in [2.05, 4.69) is 12.2 Å². The molecule has 0 radical (unpaired) electrons. The smallest absolute Gasteiger partial charge is 0.338 e. The Morgan fingerprint density at radius 1 is 0.925 bits per heavy atom. The molecule has 1 aliphatic rings. The first-order chi connectivity index (χ1) is 19.4. The Bertz CT molecular complexity index is 981. The largest absolute Gasteiger partial charge is 0.466 e. The van der Waals surface area contributed by atoms with Crippen LogP contribution in [0.4, 0.5) is 5.69 Å². The number of esters is 2. The minimum Gasteiger partial charge on any atom is -0.466 e. The van der Waals surface area contributed by atoms with E-state index in [-0.39, 0.29) is 41.6 Å². The highest BCUT2D eigenvalue weighted by molar-refractivity contribution is 6.33. The molecule has 224 valence electrons. The van der Waals surface area contributed by atoms with Gasteiger partial charge in [0.25, 0.3) is 5.91 Å². The van der Waals surface area contributed by atoms with Gasteiger partial charge < -0.3 is 24.8 Å². The average molecular weight is 579 g/mol. The molecule has 0 fully saturated rings. The monoisotopic (exact) mass is 578 g/mol. The summed E-state index contributed by atoms with van der Waals surface area (Å²) in [6, 6.07) is 4.60. The van der Waals surface area contributed by atoms with Crippen molar-refractivity contribution in [2.45, 2.75) is 96.8 Å². The molecule has 1 aromatic carbocycles. The molecule has 0 aromatic heterocycles. The molecule has 2 N–H and O–H groups in total. The summed E-state index contributed by atoms with van der Waals surface area (Å²) in [5.41, 5.74) is 0.719. The number of aliphatic hydroxyl groups excluding tert-OH is 1. The van der Waals surface area contributed by atoms with Crippen molar-refractivity contribution in [1.82, 2.24) is 4.90 Å². The van der Waals surface area contributed by atoms with E-state index < -0.39 is 17.8 Å². The molecule has 0 atom stereocenters. The molecule has 0 spiro atoms. The van der Waals surface area contributed by atoms with Crippen LogP contribution in [-0.4, -0.2) is 61.3 Å². The molecule has 2 rings (SSSR count). The number of ether oxygens (including phenoxy) is 2. The lowest BCUT2D eigenvalue weighted by Crippen LogP contribution is -2.31. The number of hydrogen-bond donors (Lipinski definition) is 2. The Labute approximate surface area is 244 Å². The van der Waals surface area contributed by atoms with Gasteiger partial charge >= 0.3 is 11.9 Å². The molecular weight excluding hydrogens is 532 g/mol. The number of unbranched alkanes of at least 4 members (excludes halogenated alkanes) is 13. The van der Waals surface area contributed by atoms with Gasteiger partial charge in [0.2, 0.25) is 0 Å². The number of anilines is 1. The van der Waals surface area contributed by atoms with Crippen LogP contribution in [0.5, 0.6) is 0 Å². The molecule has 0 unspecified atom stereocenters. The van der Waals surface area contributed by atoms with Gasteiger partial charge in [0, 0.05) is 6.54 Å². The molecule has 40 heavy (non-hydrogen) atoms. The molecule has 8 nitrogen and oxygen atoms in total. The fourth-order valence-corrected chi connectivity index (χ4v) is 4.94. The Kier molecular flexibility index (Phi) is 16.4. The van der Waals surface area contributed by atoms with Gasteiger partial charge in [-0.25, -0.2) is 9.59 Å². The summed E-state index contributed by atoms with van der Waals surface area (Å²) in [5.74, 6) is -1.59. The lowest BCUT2D eigenvalue weighted by Gasteiger charge is -2.15. The molecule has 1 aliphatic heterocycles. The second kappa shape index (κ2) is 19.5. The molecule has 1 heterocycles. The van der Waals surface area contributed by atoms with Gasteiger partial charge in [-0.15, -0.1) is 0 Å². The number of amides is 1. The van der Waals surface area contributed by atoms with E-state index in [0.717, 1.165) is 19.3 Å². The third-order valence-corrected chi connectivity index (χ3v) is 7.48. The van der Waals surface area contributed by atoms with E-state index in [0.29, 0.717) is 12.3 Å². The Balaban J connectivity index is 1.71. The highest BCUT2D eigenvalue weighted by Crippen LogP contribution is 2.29. The molecule has 1 amide bonds. The summed E-state index contributed by atoms with van der Waals surface area (Å²) < 4.78 is 10.3. The van der Waals surface area contributed by atoms with Crippen molar-refractivity contribution in [1.29, 1.82) is 0 Å². The third-order valence-electron chi connectivity index (χ3n) is 7.15. The number of carbonyl (C=O) groups is 3. The van der Waals surface area contributed by atoms with Crippen molar-refractivity contribution in [2.24, 2.45) is 0 Å². The number of methoxy groups -OCH3 is 1. The van der Waals surface area contributed by atoms with Gasteiger partial charge in [-0.2, -0.15) is 0 Å². The maximum absolute atomic E-state index is 12.8. The van der Waals surface area contributed by atoms with E-state index in [4.69, 9.17) is 21.1 Å². The number of β-amino-alcohol motifs (C(OH)–C–C–N with tert-alkyl or cyclic N) is 1. The third kappa shape index (κ3) is 11.5. The van der Waals surface area contributed by atoms with Gasteiger partial charge in [0.1, 0.15) is 5.70 Å². The second-order valence-electron chi connectivity index (χ2n) is 10.3. The van der Waals surface area contributed by atoms with Crippen molar-refractivity contribution in [3.63, 3.8) is 0 Å². The van der Waals surface area contributed by atoms with Crippen molar-refractivity contribution in [3.05, 3.63) is 40.1 Å². The van der Waals surface area contributed by atoms with Gasteiger partial charge in [0.15, 0.2) is 0 Å². The Morgan fingerprint density at radius 3 is 2.05 bits per heavy atom. The number of nitrogens with zero attached hydrogens (tertiary/aromatic N) is 1. The molecular formula is C31H47ClN2O6. The number of hydrogen-bond acceptors (Lipinski definition) is 7. The first kappa shape index (κ1) is 33.6. The Hall–Kier alpha value is -2.58. The number of benzene rings is 1. The van der Waals surface area contributed by atoms with Gasteiger partial charge in [-0.05, 0) is 24.6 Å². The normalized spacial score (nSPS) is 13.2. The minimum atomic E-state index is -0.656. The average Bonchev–Trinajstić information content (AvgIpc) is 3.26. The van der Waals surface area contributed by atoms with Crippen LogP contribution in [0.15, 0.2) is 29.5 Å². The summed E-state index contributed by atoms with van der Waals surface area (Å²) in [4.78, 5) is 39.0. The zero-order valence-corrected chi connectivity index (χ0v) is 25.0. The van der Waals surface area contributed by atoms with E-state index in [1.807, 2.05) is 0 Å². The van der Waals surface area contributed by atoms with E-state index in [1.54, 1.807) is 6.07 Å².